The molecule has 0 amide bonds. The Morgan fingerprint density at radius 1 is 0.727 bits per heavy atom. The van der Waals surface area contributed by atoms with Crippen molar-refractivity contribution in [1.82, 2.24) is 0 Å². The molecular weight excluding hydrogens is 296 g/mol. The zero-order chi connectivity index (χ0) is 14.8. The van der Waals surface area contributed by atoms with Crippen LogP contribution in [0, 0.1) is 34.5 Å². The molecule has 1 unspecified atom stereocenters. The molecule has 4 fully saturated rings. The Morgan fingerprint density at radius 3 is 2.23 bits per heavy atom. The quantitative estimate of drug-likeness (QED) is 0.700. The van der Waals surface area contributed by atoms with E-state index in [1.807, 2.05) is 0 Å². The topological polar surface area (TPSA) is 40.5 Å². The van der Waals surface area contributed by atoms with E-state index in [0.29, 0.717) is 29.1 Å². The Labute approximate surface area is 141 Å². The number of aliphatic hydroxyl groups is 2. The predicted octanol–water partition coefficient (Wildman–Crippen LogP) is 4.17. The van der Waals surface area contributed by atoms with Crippen molar-refractivity contribution in [3.63, 3.8) is 0 Å². The van der Waals surface area contributed by atoms with Crippen LogP contribution in [0.4, 0.5) is 0 Å². The van der Waals surface area contributed by atoms with Crippen LogP contribution in [0.3, 0.4) is 0 Å². The number of rotatable bonds is 0. The summed E-state index contributed by atoms with van der Waals surface area (Å²) in [6, 6.07) is 0. The summed E-state index contributed by atoms with van der Waals surface area (Å²) in [7, 11) is 0. The lowest BCUT2D eigenvalue weighted by Crippen LogP contribution is -2.62. The standard InChI is InChI=1S/C19H32O2.ClH/c1-18-9-5-7-12(18)15-13(8-11-18)19(2)10-4-3-6-14(19)16(20)17(15)21;/h12-17,20-21H,3-11H2,1-2H3;1H/t12-,13-,14?,15-,16+,17+,18-,19+;/m0./s1. The fourth-order valence-electron chi connectivity index (χ4n) is 7.30. The van der Waals surface area contributed by atoms with Crippen LogP contribution in [0.2, 0.25) is 0 Å². The molecule has 0 heterocycles. The molecule has 4 saturated carbocycles. The lowest BCUT2D eigenvalue weighted by molar-refractivity contribution is -0.211. The molecular formula is C19H33ClO2. The minimum Gasteiger partial charge on any atom is -0.390 e. The van der Waals surface area contributed by atoms with E-state index in [4.69, 9.17) is 0 Å². The van der Waals surface area contributed by atoms with Gasteiger partial charge in [-0.15, -0.1) is 12.4 Å². The molecule has 0 saturated heterocycles. The first-order valence-electron chi connectivity index (χ1n) is 9.33. The minimum atomic E-state index is -0.473. The Balaban J connectivity index is 0.00000144. The van der Waals surface area contributed by atoms with E-state index in [0.717, 1.165) is 6.42 Å². The van der Waals surface area contributed by atoms with Gasteiger partial charge in [0.05, 0.1) is 12.2 Å². The Hall–Kier alpha value is 0.210. The summed E-state index contributed by atoms with van der Waals surface area (Å²) in [6.07, 6.45) is 10.6. The van der Waals surface area contributed by atoms with Crippen LogP contribution in [-0.4, -0.2) is 22.4 Å². The van der Waals surface area contributed by atoms with Gasteiger partial charge in [0.2, 0.25) is 0 Å². The summed E-state index contributed by atoms with van der Waals surface area (Å²) in [5.41, 5.74) is 0.727. The molecule has 128 valence electrons. The predicted molar refractivity (Wildman–Crippen MR) is 91.0 cm³/mol. The van der Waals surface area contributed by atoms with Crippen molar-refractivity contribution in [2.75, 3.05) is 0 Å². The molecule has 0 aromatic heterocycles. The molecule has 4 aliphatic rings. The van der Waals surface area contributed by atoms with Gasteiger partial charge in [0, 0.05) is 0 Å². The monoisotopic (exact) mass is 328 g/mol. The van der Waals surface area contributed by atoms with Gasteiger partial charge in [-0.2, -0.15) is 0 Å². The summed E-state index contributed by atoms with van der Waals surface area (Å²) in [5.74, 6) is 2.01. The average Bonchev–Trinajstić information content (AvgIpc) is 2.86. The summed E-state index contributed by atoms with van der Waals surface area (Å²) >= 11 is 0. The van der Waals surface area contributed by atoms with Crippen LogP contribution in [0.15, 0.2) is 0 Å². The van der Waals surface area contributed by atoms with Gasteiger partial charge in [-0.1, -0.05) is 33.1 Å². The molecule has 0 aliphatic heterocycles. The first kappa shape index (κ1) is 17.0. The molecule has 4 aliphatic carbocycles. The molecule has 4 rings (SSSR count). The molecule has 8 atom stereocenters. The number of hydrogen-bond donors (Lipinski definition) is 2. The fourth-order valence-corrected chi connectivity index (χ4v) is 7.30. The maximum absolute atomic E-state index is 10.9. The van der Waals surface area contributed by atoms with Gasteiger partial charge in [0.25, 0.3) is 0 Å². The Morgan fingerprint density at radius 2 is 1.45 bits per heavy atom. The third-order valence-corrected chi connectivity index (χ3v) is 8.45. The average molecular weight is 329 g/mol. The van der Waals surface area contributed by atoms with Crippen LogP contribution in [-0.2, 0) is 0 Å². The Bertz CT molecular complexity index is 428. The molecule has 0 bridgehead atoms. The normalized spacial score (nSPS) is 57.3. The van der Waals surface area contributed by atoms with Gasteiger partial charge >= 0.3 is 0 Å². The second-order valence-electron chi connectivity index (χ2n) is 9.21. The highest BCUT2D eigenvalue weighted by atomic mass is 35.5. The van der Waals surface area contributed by atoms with Crippen LogP contribution in [0.25, 0.3) is 0 Å². The van der Waals surface area contributed by atoms with Gasteiger partial charge in [0.15, 0.2) is 0 Å². The summed E-state index contributed by atoms with van der Waals surface area (Å²) in [6.45, 7) is 4.90. The van der Waals surface area contributed by atoms with Gasteiger partial charge in [-0.25, -0.2) is 0 Å². The first-order chi connectivity index (χ1) is 9.97. The zero-order valence-electron chi connectivity index (χ0n) is 14.1. The number of aliphatic hydroxyl groups excluding tert-OH is 2. The second kappa shape index (κ2) is 5.63. The maximum atomic E-state index is 10.9. The molecule has 0 aromatic rings. The van der Waals surface area contributed by atoms with Gasteiger partial charge in [-0.05, 0) is 73.0 Å². The largest absolute Gasteiger partial charge is 0.390 e. The van der Waals surface area contributed by atoms with Crippen molar-refractivity contribution >= 4 is 12.4 Å². The number of hydrogen-bond acceptors (Lipinski definition) is 2. The lowest BCUT2D eigenvalue weighted by Gasteiger charge is -2.62. The zero-order valence-corrected chi connectivity index (χ0v) is 14.9. The van der Waals surface area contributed by atoms with Crippen LogP contribution in [0.5, 0.6) is 0 Å². The lowest BCUT2D eigenvalue weighted by atomic mass is 9.44. The van der Waals surface area contributed by atoms with Gasteiger partial charge in [-0.3, -0.25) is 0 Å². The van der Waals surface area contributed by atoms with E-state index in [1.54, 1.807) is 0 Å². The summed E-state index contributed by atoms with van der Waals surface area (Å²) in [5, 5.41) is 21.8. The van der Waals surface area contributed by atoms with E-state index in [2.05, 4.69) is 13.8 Å². The highest BCUT2D eigenvalue weighted by Gasteiger charge is 2.62. The third kappa shape index (κ3) is 2.13. The summed E-state index contributed by atoms with van der Waals surface area (Å²) in [4.78, 5) is 0. The van der Waals surface area contributed by atoms with Crippen molar-refractivity contribution in [3.05, 3.63) is 0 Å². The SMILES string of the molecule is C[C@@]12CCC[C@H]1[C@@H]1[C@@H](O)[C@H](O)C3CCCC[C@]3(C)[C@H]1CC2.Cl. The van der Waals surface area contributed by atoms with Crippen molar-refractivity contribution in [1.29, 1.82) is 0 Å². The molecule has 3 heteroatoms. The minimum absolute atomic E-state index is 0. The summed E-state index contributed by atoms with van der Waals surface area (Å²) < 4.78 is 0. The number of halogens is 1. The highest BCUT2D eigenvalue weighted by molar-refractivity contribution is 5.85. The molecule has 0 aromatic carbocycles. The molecule has 2 nitrogen and oxygen atoms in total. The van der Waals surface area contributed by atoms with E-state index < -0.39 is 12.2 Å². The first-order valence-corrected chi connectivity index (χ1v) is 9.33. The van der Waals surface area contributed by atoms with E-state index in [9.17, 15) is 10.2 Å². The van der Waals surface area contributed by atoms with Crippen molar-refractivity contribution in [2.45, 2.75) is 83.8 Å². The van der Waals surface area contributed by atoms with Crippen molar-refractivity contribution < 1.29 is 10.2 Å². The number of fused-ring (bicyclic) bond motifs is 5. The van der Waals surface area contributed by atoms with E-state index in [1.165, 1.54) is 51.4 Å². The van der Waals surface area contributed by atoms with Crippen molar-refractivity contribution in [3.8, 4) is 0 Å². The highest BCUT2D eigenvalue weighted by Crippen LogP contribution is 2.66. The smallest absolute Gasteiger partial charge is 0.0835 e. The van der Waals surface area contributed by atoms with E-state index in [-0.39, 0.29) is 17.8 Å². The molecule has 2 N–H and O–H groups in total. The second-order valence-corrected chi connectivity index (χ2v) is 9.21. The molecule has 0 spiro atoms. The van der Waals surface area contributed by atoms with Gasteiger partial charge < -0.3 is 10.2 Å². The van der Waals surface area contributed by atoms with Crippen LogP contribution >= 0.6 is 12.4 Å². The van der Waals surface area contributed by atoms with E-state index >= 15 is 0 Å². The van der Waals surface area contributed by atoms with Gasteiger partial charge in [0.1, 0.15) is 0 Å². The maximum Gasteiger partial charge on any atom is 0.0835 e. The van der Waals surface area contributed by atoms with Crippen LogP contribution < -0.4 is 0 Å². The fraction of sp³-hybridized carbons (Fsp3) is 1.00. The van der Waals surface area contributed by atoms with Crippen LogP contribution in [0.1, 0.15) is 71.6 Å². The third-order valence-electron chi connectivity index (χ3n) is 8.45. The molecule has 0 radical (unpaired) electrons. The molecule has 22 heavy (non-hydrogen) atoms. The Kier molecular flexibility index (Phi) is 4.37. The van der Waals surface area contributed by atoms with Crippen molar-refractivity contribution in [2.24, 2.45) is 34.5 Å².